The Bertz CT molecular complexity index is 8750. The van der Waals surface area contributed by atoms with Gasteiger partial charge in [0.25, 0.3) is 0 Å². The summed E-state index contributed by atoms with van der Waals surface area (Å²) < 4.78 is 15.0. The topological polar surface area (TPSA) is 75.0 Å². The van der Waals surface area contributed by atoms with Gasteiger partial charge in [-0.25, -0.2) is 4.98 Å². The van der Waals surface area contributed by atoms with E-state index in [0.29, 0.717) is 0 Å². The van der Waals surface area contributed by atoms with E-state index in [2.05, 4.69) is 399 Å². The molecule has 27 aromatic rings. The van der Waals surface area contributed by atoms with Crippen LogP contribution in [0.25, 0.3) is 242 Å². The Morgan fingerprint density at radius 3 is 0.949 bits per heavy atom. The van der Waals surface area contributed by atoms with Crippen LogP contribution in [0.2, 0.25) is 0 Å². The van der Waals surface area contributed by atoms with Gasteiger partial charge in [0.1, 0.15) is 5.82 Å². The highest BCUT2D eigenvalue weighted by Gasteiger charge is 2.23. The fourth-order valence-electron chi connectivity index (χ4n) is 18.8. The molecule has 0 saturated heterocycles. The van der Waals surface area contributed by atoms with E-state index in [1.165, 1.54) is 231 Å². The second kappa shape index (κ2) is 25.9. The molecule has 0 aliphatic heterocycles. The van der Waals surface area contributed by atoms with Gasteiger partial charge in [0.15, 0.2) is 0 Å². The summed E-state index contributed by atoms with van der Waals surface area (Å²) in [6.45, 7) is 0. The number of hydrogen-bond acceptors (Lipinski definition) is 4. The molecular formula is C107H65N7S3. The highest BCUT2D eigenvalue weighted by atomic mass is 32.1. The van der Waals surface area contributed by atoms with Crippen molar-refractivity contribution in [1.82, 2.24) is 33.6 Å². The van der Waals surface area contributed by atoms with E-state index < -0.39 is 0 Å². The number of benzene rings is 17. The van der Waals surface area contributed by atoms with Gasteiger partial charge in [-0.15, -0.1) is 34.0 Å². The molecular weight excluding hydrogens is 1480 g/mol. The number of thiophene rings is 3. The minimum Gasteiger partial charge on any atom is -0.354 e. The van der Waals surface area contributed by atoms with Gasteiger partial charge < -0.3 is 24.1 Å². The summed E-state index contributed by atoms with van der Waals surface area (Å²) in [6, 6.07) is 134. The van der Waals surface area contributed by atoms with Crippen molar-refractivity contribution in [3.8, 4) is 50.6 Å². The van der Waals surface area contributed by atoms with Crippen LogP contribution in [0, 0.1) is 0 Å². The van der Waals surface area contributed by atoms with Crippen molar-refractivity contribution in [3.63, 3.8) is 0 Å². The molecule has 7 nitrogen and oxygen atoms in total. The molecule has 10 heteroatoms. The first-order valence-electron chi connectivity index (χ1n) is 39.7. The van der Waals surface area contributed by atoms with Crippen molar-refractivity contribution in [3.05, 3.63) is 376 Å². The minimum atomic E-state index is 0.933. The SMILES string of the molecule is c1ccc(-c2ccc3[nH]c4cc5sc6cc7c(cc6c5cc4c3c2)c2ccccc2n7-c2ccccc2)cc1.c1ccc(-c2ccc3c(c2)c2cc4c(cc2n3-c2ccccc2)sc2cc3[nH]c5ccccc5c3cc24)cc1.c1ccc(-c2ccnc(-n3c4ccccc4c4cc5c(cc43)sc3cc4[nH]c6ccccc6c4cc35)c2)cc1. The summed E-state index contributed by atoms with van der Waals surface area (Å²) in [6.07, 6.45) is 1.92. The van der Waals surface area contributed by atoms with E-state index >= 15 is 0 Å². The van der Waals surface area contributed by atoms with Crippen molar-refractivity contribution < 1.29 is 0 Å². The van der Waals surface area contributed by atoms with Crippen LogP contribution in [-0.4, -0.2) is 33.6 Å². The average Bonchev–Trinajstić information content (AvgIpc) is 1.57. The number of H-pyrrole nitrogens is 3. The van der Waals surface area contributed by atoms with Crippen LogP contribution in [0.3, 0.4) is 0 Å². The summed E-state index contributed by atoms with van der Waals surface area (Å²) in [5.41, 5.74) is 24.2. The maximum atomic E-state index is 4.85. The van der Waals surface area contributed by atoms with Crippen molar-refractivity contribution in [2.24, 2.45) is 0 Å². The van der Waals surface area contributed by atoms with E-state index in [1.54, 1.807) is 0 Å². The van der Waals surface area contributed by atoms with E-state index in [0.717, 1.165) is 11.4 Å². The first-order valence-corrected chi connectivity index (χ1v) is 42.1. The van der Waals surface area contributed by atoms with E-state index in [4.69, 9.17) is 4.98 Å². The van der Waals surface area contributed by atoms with Gasteiger partial charge in [-0.1, -0.05) is 212 Å². The molecule has 0 amide bonds. The molecule has 0 bridgehead atoms. The molecule has 3 N–H and O–H groups in total. The van der Waals surface area contributed by atoms with Gasteiger partial charge in [-0.2, -0.15) is 0 Å². The zero-order chi connectivity index (χ0) is 76.5. The number of rotatable bonds is 6. The molecule has 0 aliphatic carbocycles. The largest absolute Gasteiger partial charge is 0.354 e. The van der Waals surface area contributed by atoms with Gasteiger partial charge in [0, 0.05) is 176 Å². The molecule has 0 radical (unpaired) electrons. The van der Waals surface area contributed by atoms with E-state index in [-0.39, 0.29) is 0 Å². The number of aromatic nitrogens is 7. The van der Waals surface area contributed by atoms with Crippen LogP contribution < -0.4 is 0 Å². The summed E-state index contributed by atoms with van der Waals surface area (Å²) >= 11 is 5.62. The Labute approximate surface area is 680 Å². The van der Waals surface area contributed by atoms with E-state index in [1.807, 2.05) is 40.2 Å². The average molecular weight is 1540 g/mol. The maximum absolute atomic E-state index is 4.85. The van der Waals surface area contributed by atoms with Gasteiger partial charge in [-0.3, -0.25) is 4.57 Å². The van der Waals surface area contributed by atoms with E-state index in [9.17, 15) is 0 Å². The highest BCUT2D eigenvalue weighted by Crippen LogP contribution is 2.48. The Hall–Kier alpha value is -14.7. The first kappa shape index (κ1) is 65.9. The van der Waals surface area contributed by atoms with Gasteiger partial charge in [-0.05, 0) is 191 Å². The number of fused-ring (bicyclic) bond motifs is 27. The lowest BCUT2D eigenvalue weighted by Gasteiger charge is -2.09. The third kappa shape index (κ3) is 10.5. The molecule has 10 aromatic heterocycles. The lowest BCUT2D eigenvalue weighted by Crippen LogP contribution is -1.97. The number of pyridine rings is 1. The number of aromatic amines is 3. The molecule has 0 spiro atoms. The quantitative estimate of drug-likeness (QED) is 0.152. The standard InChI is InChI=1S/2C36H22N2S.C35H21N3S/c1-3-9-22(10-4-1)23-15-16-33-27(17-23)28-19-30-29-18-26-25-13-7-8-14-31(25)37-32(26)20-35(29)39-36(30)21-34(28)38(33)24-11-5-2-6-12-24;1-3-9-22(10-4-1)23-15-16-31-26(17-23)27-18-29-30-19-28-25-13-7-8-14-33(25)38(24-11-5-2-6-12-24)34(28)21-36(30)39-35(29)20-32(27)37-31;1-2-8-21(9-3-1)22-14-15-36-35(16-22)38-31-13-7-5-11-24(31)26-18-28-27-17-25-23-10-4-6-12-29(23)37-30(25)19-33(27)39-34(28)20-32(26)38/h2*1-21,37H;1-20,37H. The fraction of sp³-hybridized carbons (Fsp3) is 0. The Balaban J connectivity index is 0.0000000980. The normalized spacial score (nSPS) is 12.1. The molecule has 546 valence electrons. The van der Waals surface area contributed by atoms with Gasteiger partial charge >= 0.3 is 0 Å². The number of hydrogen-bond donors (Lipinski definition) is 3. The van der Waals surface area contributed by atoms with Crippen molar-refractivity contribution >= 4 is 225 Å². The molecule has 0 aliphatic rings. The summed E-state index contributed by atoms with van der Waals surface area (Å²) in [5, 5.41) is 23.3. The smallest absolute Gasteiger partial charge is 0.138 e. The molecule has 0 unspecified atom stereocenters. The minimum absolute atomic E-state index is 0.933. The fourth-order valence-corrected chi connectivity index (χ4v) is 22.2. The third-order valence-corrected chi connectivity index (χ3v) is 27.5. The summed E-state index contributed by atoms with van der Waals surface area (Å²) in [5.74, 6) is 0.933. The number of nitrogens with zero attached hydrogens (tertiary/aromatic N) is 4. The van der Waals surface area contributed by atoms with Crippen LogP contribution in [0.4, 0.5) is 0 Å². The molecule has 0 atom stereocenters. The molecule has 0 saturated carbocycles. The monoisotopic (exact) mass is 1540 g/mol. The third-order valence-electron chi connectivity index (χ3n) is 24.2. The maximum Gasteiger partial charge on any atom is 0.138 e. The van der Waals surface area contributed by atoms with Crippen molar-refractivity contribution in [1.29, 1.82) is 0 Å². The molecule has 0 fully saturated rings. The summed E-state index contributed by atoms with van der Waals surface area (Å²) in [4.78, 5) is 15.8. The molecule has 27 rings (SSSR count). The molecule has 117 heavy (non-hydrogen) atoms. The second-order valence-corrected chi connectivity index (χ2v) is 34.0. The lowest BCUT2D eigenvalue weighted by molar-refractivity contribution is 1.08. The summed E-state index contributed by atoms with van der Waals surface area (Å²) in [7, 11) is 0. The van der Waals surface area contributed by atoms with Crippen LogP contribution in [-0.2, 0) is 0 Å². The Morgan fingerprint density at radius 2 is 0.487 bits per heavy atom. The Morgan fingerprint density at radius 1 is 0.179 bits per heavy atom. The van der Waals surface area contributed by atoms with Gasteiger partial charge in [0.2, 0.25) is 0 Å². The zero-order valence-electron chi connectivity index (χ0n) is 62.8. The lowest BCUT2D eigenvalue weighted by atomic mass is 10.0. The molecule has 17 aromatic carbocycles. The second-order valence-electron chi connectivity index (χ2n) is 30.8. The predicted octanol–water partition coefficient (Wildman–Crippen LogP) is 30.8. The van der Waals surface area contributed by atoms with Crippen LogP contribution in [0.15, 0.2) is 376 Å². The first-order chi connectivity index (χ1) is 57.9. The Kier molecular flexibility index (Phi) is 14.6. The highest BCUT2D eigenvalue weighted by molar-refractivity contribution is 7.26. The van der Waals surface area contributed by atoms with Crippen LogP contribution >= 0.6 is 34.0 Å². The number of nitrogens with one attached hydrogen (secondary N) is 3. The number of para-hydroxylation sites is 6. The van der Waals surface area contributed by atoms with Crippen LogP contribution in [0.1, 0.15) is 0 Å². The van der Waals surface area contributed by atoms with Gasteiger partial charge in [0.05, 0.1) is 33.1 Å². The van der Waals surface area contributed by atoms with Crippen molar-refractivity contribution in [2.45, 2.75) is 0 Å². The van der Waals surface area contributed by atoms with Crippen LogP contribution in [0.5, 0.6) is 0 Å². The predicted molar refractivity (Wildman–Crippen MR) is 503 cm³/mol. The van der Waals surface area contributed by atoms with Crippen molar-refractivity contribution in [2.75, 3.05) is 0 Å². The molecule has 10 heterocycles. The zero-order valence-corrected chi connectivity index (χ0v) is 65.3.